The average Bonchev–Trinajstić information content (AvgIpc) is 2.76. The molecule has 18 heavy (non-hydrogen) atoms. The van der Waals surface area contributed by atoms with Crippen LogP contribution >= 0.6 is 0 Å². The summed E-state index contributed by atoms with van der Waals surface area (Å²) < 4.78 is 1.61. The third-order valence-electron chi connectivity index (χ3n) is 2.44. The first kappa shape index (κ1) is 12.3. The Balaban J connectivity index is 2.37. The summed E-state index contributed by atoms with van der Waals surface area (Å²) in [5, 5.41) is 13.4. The lowest BCUT2D eigenvalue weighted by Crippen LogP contribution is -2.14. The van der Waals surface area contributed by atoms with Crippen LogP contribution in [0.4, 0.5) is 0 Å². The van der Waals surface area contributed by atoms with Crippen LogP contribution in [0, 0.1) is 0 Å². The van der Waals surface area contributed by atoms with E-state index in [1.54, 1.807) is 36.1 Å². The van der Waals surface area contributed by atoms with Crippen LogP contribution in [0.3, 0.4) is 0 Å². The van der Waals surface area contributed by atoms with Gasteiger partial charge in [0.05, 0.1) is 18.8 Å². The molecule has 0 saturated carbocycles. The Morgan fingerprint density at radius 1 is 1.61 bits per heavy atom. The van der Waals surface area contributed by atoms with Crippen LogP contribution in [0.2, 0.25) is 0 Å². The number of nitrogens with two attached hydrogens (primary N) is 1. The molecule has 0 aliphatic carbocycles. The number of rotatable bonds is 4. The molecule has 0 spiro atoms. The number of hydrogen-bond acceptors (Lipinski definition) is 4. The highest BCUT2D eigenvalue weighted by molar-refractivity contribution is 5.97. The normalized spacial score (nSPS) is 12.3. The SMILES string of the molecule is CC(O)Cn1cc(-c2cccnc2C(N)=O)cn1. The molecule has 1 unspecified atom stereocenters. The zero-order chi connectivity index (χ0) is 13.1. The molecule has 2 aromatic heterocycles. The molecule has 0 fully saturated rings. The van der Waals surface area contributed by atoms with Gasteiger partial charge in [-0.25, -0.2) is 0 Å². The Hall–Kier alpha value is -2.21. The smallest absolute Gasteiger partial charge is 0.267 e. The maximum atomic E-state index is 11.3. The lowest BCUT2D eigenvalue weighted by molar-refractivity contribution is 0.0996. The van der Waals surface area contributed by atoms with Gasteiger partial charge in [-0.1, -0.05) is 6.07 Å². The van der Waals surface area contributed by atoms with E-state index < -0.39 is 12.0 Å². The van der Waals surface area contributed by atoms with Gasteiger partial charge in [0.15, 0.2) is 0 Å². The molecule has 0 aromatic carbocycles. The van der Waals surface area contributed by atoms with Gasteiger partial charge in [0.25, 0.3) is 5.91 Å². The lowest BCUT2D eigenvalue weighted by Gasteiger charge is -2.04. The second-order valence-corrected chi connectivity index (χ2v) is 4.06. The van der Waals surface area contributed by atoms with Gasteiger partial charge in [0, 0.05) is 23.5 Å². The number of amides is 1. The van der Waals surface area contributed by atoms with E-state index in [-0.39, 0.29) is 5.69 Å². The fourth-order valence-corrected chi connectivity index (χ4v) is 1.71. The molecule has 0 saturated heterocycles. The molecule has 94 valence electrons. The van der Waals surface area contributed by atoms with E-state index in [1.165, 1.54) is 6.20 Å². The molecule has 6 nitrogen and oxygen atoms in total. The summed E-state index contributed by atoms with van der Waals surface area (Å²) in [5.74, 6) is -0.575. The number of carbonyl (C=O) groups is 1. The number of aliphatic hydroxyl groups is 1. The van der Waals surface area contributed by atoms with Crippen molar-refractivity contribution in [3.05, 3.63) is 36.4 Å². The van der Waals surface area contributed by atoms with Gasteiger partial charge >= 0.3 is 0 Å². The van der Waals surface area contributed by atoms with E-state index in [0.29, 0.717) is 12.1 Å². The van der Waals surface area contributed by atoms with Gasteiger partial charge in [0.1, 0.15) is 5.69 Å². The van der Waals surface area contributed by atoms with Gasteiger partial charge in [-0.15, -0.1) is 0 Å². The molecule has 0 aliphatic rings. The van der Waals surface area contributed by atoms with E-state index in [2.05, 4.69) is 10.1 Å². The molecule has 0 radical (unpaired) electrons. The van der Waals surface area contributed by atoms with Crippen LogP contribution in [-0.4, -0.2) is 31.9 Å². The summed E-state index contributed by atoms with van der Waals surface area (Å²) >= 11 is 0. The second-order valence-electron chi connectivity index (χ2n) is 4.06. The third kappa shape index (κ3) is 2.54. The summed E-state index contributed by atoms with van der Waals surface area (Å²) in [6.07, 6.45) is 4.40. The molecule has 3 N–H and O–H groups in total. The fraction of sp³-hybridized carbons (Fsp3) is 0.250. The monoisotopic (exact) mass is 246 g/mol. The number of primary amides is 1. The van der Waals surface area contributed by atoms with Gasteiger partial charge in [-0.05, 0) is 13.0 Å². The Kier molecular flexibility index (Phi) is 3.38. The first-order valence-electron chi connectivity index (χ1n) is 5.53. The maximum Gasteiger partial charge on any atom is 0.267 e. The molecule has 2 heterocycles. The predicted molar refractivity (Wildman–Crippen MR) is 65.7 cm³/mol. The van der Waals surface area contributed by atoms with Crippen LogP contribution in [0.5, 0.6) is 0 Å². The highest BCUT2D eigenvalue weighted by Gasteiger charge is 2.12. The zero-order valence-corrected chi connectivity index (χ0v) is 9.95. The van der Waals surface area contributed by atoms with Crippen molar-refractivity contribution in [2.24, 2.45) is 5.73 Å². The van der Waals surface area contributed by atoms with Crippen LogP contribution in [0.1, 0.15) is 17.4 Å². The number of aliphatic hydroxyl groups excluding tert-OH is 1. The molecule has 0 aliphatic heterocycles. The molecule has 0 bridgehead atoms. The van der Waals surface area contributed by atoms with Crippen molar-refractivity contribution < 1.29 is 9.90 Å². The molecule has 6 heteroatoms. The highest BCUT2D eigenvalue weighted by atomic mass is 16.3. The minimum absolute atomic E-state index is 0.217. The molecular weight excluding hydrogens is 232 g/mol. The number of carbonyl (C=O) groups excluding carboxylic acids is 1. The average molecular weight is 246 g/mol. The van der Waals surface area contributed by atoms with Gasteiger partial charge in [0.2, 0.25) is 0 Å². The van der Waals surface area contributed by atoms with Crippen LogP contribution < -0.4 is 5.73 Å². The molecule has 1 amide bonds. The number of hydrogen-bond donors (Lipinski definition) is 2. The van der Waals surface area contributed by atoms with Gasteiger partial charge < -0.3 is 10.8 Å². The van der Waals surface area contributed by atoms with E-state index in [0.717, 1.165) is 5.56 Å². The van der Waals surface area contributed by atoms with Crippen molar-refractivity contribution in [2.45, 2.75) is 19.6 Å². The van der Waals surface area contributed by atoms with Crippen molar-refractivity contribution in [3.63, 3.8) is 0 Å². The maximum absolute atomic E-state index is 11.3. The first-order chi connectivity index (χ1) is 8.58. The summed E-state index contributed by atoms with van der Waals surface area (Å²) in [4.78, 5) is 15.2. The zero-order valence-electron chi connectivity index (χ0n) is 9.95. The largest absolute Gasteiger partial charge is 0.391 e. The van der Waals surface area contributed by atoms with Crippen molar-refractivity contribution in [1.29, 1.82) is 0 Å². The van der Waals surface area contributed by atoms with Crippen molar-refractivity contribution in [1.82, 2.24) is 14.8 Å². The number of aromatic nitrogens is 3. The molecule has 1 atom stereocenters. The van der Waals surface area contributed by atoms with E-state index in [9.17, 15) is 9.90 Å². The third-order valence-corrected chi connectivity index (χ3v) is 2.44. The summed E-state index contributed by atoms with van der Waals surface area (Å²) in [6, 6.07) is 3.49. The van der Waals surface area contributed by atoms with Crippen molar-refractivity contribution in [2.75, 3.05) is 0 Å². The summed E-state index contributed by atoms with van der Waals surface area (Å²) in [5.41, 5.74) is 6.88. The van der Waals surface area contributed by atoms with E-state index in [4.69, 9.17) is 5.73 Å². The first-order valence-corrected chi connectivity index (χ1v) is 5.53. The second kappa shape index (κ2) is 4.97. The Bertz CT molecular complexity index is 563. The fourth-order valence-electron chi connectivity index (χ4n) is 1.71. The van der Waals surface area contributed by atoms with Crippen molar-refractivity contribution in [3.8, 4) is 11.1 Å². The van der Waals surface area contributed by atoms with Crippen LogP contribution in [0.15, 0.2) is 30.7 Å². The van der Waals surface area contributed by atoms with Crippen molar-refractivity contribution >= 4 is 5.91 Å². The minimum Gasteiger partial charge on any atom is -0.391 e. The molecule has 2 rings (SSSR count). The molecular formula is C12H14N4O2. The predicted octanol–water partition coefficient (Wildman–Crippen LogP) is 0.425. The van der Waals surface area contributed by atoms with Gasteiger partial charge in [-0.2, -0.15) is 5.10 Å². The van der Waals surface area contributed by atoms with Crippen LogP contribution in [0.25, 0.3) is 11.1 Å². The van der Waals surface area contributed by atoms with Gasteiger partial charge in [-0.3, -0.25) is 14.5 Å². The van der Waals surface area contributed by atoms with Crippen LogP contribution in [-0.2, 0) is 6.54 Å². The minimum atomic E-state index is -0.575. The topological polar surface area (TPSA) is 94.0 Å². The summed E-state index contributed by atoms with van der Waals surface area (Å²) in [7, 11) is 0. The lowest BCUT2D eigenvalue weighted by atomic mass is 10.1. The van der Waals surface area contributed by atoms with E-state index >= 15 is 0 Å². The number of nitrogens with zero attached hydrogens (tertiary/aromatic N) is 3. The van der Waals surface area contributed by atoms with E-state index in [1.807, 2.05) is 0 Å². The Labute approximate surface area is 104 Å². The summed E-state index contributed by atoms with van der Waals surface area (Å²) in [6.45, 7) is 2.08. The Morgan fingerprint density at radius 2 is 2.39 bits per heavy atom. The molecule has 2 aromatic rings. The Morgan fingerprint density at radius 3 is 3.06 bits per heavy atom. The quantitative estimate of drug-likeness (QED) is 0.817. The standard InChI is InChI=1S/C12H14N4O2/c1-8(17)6-16-7-9(5-15-16)10-3-2-4-14-11(10)12(13)18/h2-5,7-8,17H,6H2,1H3,(H2,13,18). The highest BCUT2D eigenvalue weighted by Crippen LogP contribution is 2.21. The number of pyridine rings is 1.